The summed E-state index contributed by atoms with van der Waals surface area (Å²) < 4.78 is 12.7. The lowest BCUT2D eigenvalue weighted by Crippen LogP contribution is -2.37. The minimum atomic E-state index is -0.835. The maximum Gasteiger partial charge on any atom is 0.343 e. The average Bonchev–Trinajstić information content (AvgIpc) is 2.97. The molecule has 1 aliphatic rings. The van der Waals surface area contributed by atoms with Gasteiger partial charge in [-0.1, -0.05) is 84.8 Å². The van der Waals surface area contributed by atoms with Gasteiger partial charge in [0.1, 0.15) is 23.7 Å². The fourth-order valence-electron chi connectivity index (χ4n) is 6.43. The van der Waals surface area contributed by atoms with Crippen LogP contribution in [0.3, 0.4) is 0 Å². The van der Waals surface area contributed by atoms with Gasteiger partial charge in [-0.05, 0) is 106 Å². The Labute approximate surface area is 265 Å². The third-order valence-electron chi connectivity index (χ3n) is 9.56. The SMILES string of the molecule is Cc1c(C)c2c(c(C)c1OC(=O)c1ccc(CO[N+](=O)[O-])cc1)CC[C@@](C)(CCC[C@H](C)CCC[C@H](C)CCCC(C)C)O2. The Hall–Kier alpha value is -3.09. The van der Waals surface area contributed by atoms with E-state index in [4.69, 9.17) is 9.47 Å². The van der Waals surface area contributed by atoms with Crippen molar-refractivity contribution in [2.75, 3.05) is 0 Å². The Morgan fingerprint density at radius 3 is 2.09 bits per heavy atom. The van der Waals surface area contributed by atoms with Crippen LogP contribution in [0, 0.1) is 48.6 Å². The summed E-state index contributed by atoms with van der Waals surface area (Å²) in [6, 6.07) is 6.46. The van der Waals surface area contributed by atoms with Gasteiger partial charge in [0, 0.05) is 5.56 Å². The van der Waals surface area contributed by atoms with Crippen molar-refractivity contribution in [2.45, 2.75) is 138 Å². The third-order valence-corrected chi connectivity index (χ3v) is 9.56. The van der Waals surface area contributed by atoms with Crippen molar-refractivity contribution in [1.82, 2.24) is 0 Å². The van der Waals surface area contributed by atoms with Crippen LogP contribution in [0.15, 0.2) is 24.3 Å². The summed E-state index contributed by atoms with van der Waals surface area (Å²) in [5.74, 6) is 3.46. The van der Waals surface area contributed by atoms with Gasteiger partial charge in [-0.15, -0.1) is 10.1 Å². The predicted molar refractivity (Wildman–Crippen MR) is 176 cm³/mol. The summed E-state index contributed by atoms with van der Waals surface area (Å²) in [4.78, 5) is 27.9. The van der Waals surface area contributed by atoms with Crippen LogP contribution in [-0.4, -0.2) is 16.7 Å². The molecular formula is C37H55NO6. The van der Waals surface area contributed by atoms with Crippen molar-refractivity contribution in [1.29, 1.82) is 0 Å². The zero-order chi connectivity index (χ0) is 32.4. The summed E-state index contributed by atoms with van der Waals surface area (Å²) in [5, 5.41) is 9.60. The molecular weight excluding hydrogens is 554 g/mol. The second kappa shape index (κ2) is 16.3. The van der Waals surface area contributed by atoms with Crippen LogP contribution in [0.25, 0.3) is 0 Å². The van der Waals surface area contributed by atoms with E-state index in [0.29, 0.717) is 16.9 Å². The summed E-state index contributed by atoms with van der Waals surface area (Å²) in [5.41, 5.74) is 4.77. The monoisotopic (exact) mass is 609 g/mol. The molecule has 7 nitrogen and oxygen atoms in total. The zero-order valence-electron chi connectivity index (χ0n) is 28.4. The van der Waals surface area contributed by atoms with Crippen molar-refractivity contribution < 1.29 is 24.2 Å². The molecule has 3 atom stereocenters. The van der Waals surface area contributed by atoms with E-state index in [1.54, 1.807) is 24.3 Å². The molecule has 0 aromatic heterocycles. The van der Waals surface area contributed by atoms with Crippen LogP contribution in [-0.2, 0) is 17.9 Å². The molecule has 244 valence electrons. The van der Waals surface area contributed by atoms with E-state index in [0.717, 1.165) is 65.0 Å². The highest BCUT2D eigenvalue weighted by Gasteiger charge is 2.35. The van der Waals surface area contributed by atoms with Crippen LogP contribution < -0.4 is 9.47 Å². The number of carbonyl (C=O) groups is 1. The molecule has 0 radical (unpaired) electrons. The molecule has 0 amide bonds. The van der Waals surface area contributed by atoms with E-state index < -0.39 is 11.1 Å². The standard InChI is InChI=1S/C37H55NO6/c1-25(2)12-9-13-26(3)14-10-15-27(4)16-11-22-37(8)23-21-33-30(7)34(28(5)29(6)35(33)44-37)43-36(39)32-19-17-31(18-20-32)24-42-38(40)41/h17-20,25-27H,9-16,21-24H2,1-8H3/t26-,27-,37-/m1/s1. The molecule has 0 aliphatic carbocycles. The Morgan fingerprint density at radius 2 is 1.50 bits per heavy atom. The van der Waals surface area contributed by atoms with Crippen LogP contribution in [0.4, 0.5) is 0 Å². The maximum atomic E-state index is 13.0. The zero-order valence-corrected chi connectivity index (χ0v) is 28.4. The number of nitrogens with zero attached hydrogens (tertiary/aromatic N) is 1. The second-order valence-corrected chi connectivity index (χ2v) is 14.0. The Kier molecular flexibility index (Phi) is 13.1. The minimum Gasteiger partial charge on any atom is -0.487 e. The number of hydrogen-bond donors (Lipinski definition) is 0. The second-order valence-electron chi connectivity index (χ2n) is 14.0. The summed E-state index contributed by atoms with van der Waals surface area (Å²) in [7, 11) is 0. The molecule has 0 bridgehead atoms. The molecule has 3 rings (SSSR count). The van der Waals surface area contributed by atoms with E-state index in [1.807, 2.05) is 20.8 Å². The third kappa shape index (κ3) is 10.2. The molecule has 1 aliphatic heterocycles. The first-order valence-corrected chi connectivity index (χ1v) is 16.7. The van der Waals surface area contributed by atoms with E-state index >= 15 is 0 Å². The number of carbonyl (C=O) groups excluding carboxylic acids is 1. The van der Waals surface area contributed by atoms with Crippen molar-refractivity contribution in [3.8, 4) is 11.5 Å². The van der Waals surface area contributed by atoms with Gasteiger partial charge in [0.2, 0.25) is 0 Å². The van der Waals surface area contributed by atoms with E-state index in [1.165, 1.54) is 51.4 Å². The van der Waals surface area contributed by atoms with Gasteiger partial charge < -0.3 is 14.3 Å². The molecule has 0 fully saturated rings. The minimum absolute atomic E-state index is 0.166. The summed E-state index contributed by atoms with van der Waals surface area (Å²) >= 11 is 0. The lowest BCUT2D eigenvalue weighted by molar-refractivity contribution is -0.763. The molecule has 1 heterocycles. The Bertz CT molecular complexity index is 1250. The van der Waals surface area contributed by atoms with E-state index in [9.17, 15) is 14.9 Å². The number of rotatable bonds is 17. The molecule has 0 saturated heterocycles. The van der Waals surface area contributed by atoms with Gasteiger partial charge in [0.25, 0.3) is 5.09 Å². The average molecular weight is 610 g/mol. The fourth-order valence-corrected chi connectivity index (χ4v) is 6.43. The van der Waals surface area contributed by atoms with E-state index in [-0.39, 0.29) is 12.2 Å². The molecule has 44 heavy (non-hydrogen) atoms. The van der Waals surface area contributed by atoms with Crippen LogP contribution in [0.2, 0.25) is 0 Å². The number of ether oxygens (including phenoxy) is 2. The first-order chi connectivity index (χ1) is 20.8. The van der Waals surface area contributed by atoms with Crippen LogP contribution >= 0.6 is 0 Å². The number of benzene rings is 2. The normalized spacial score (nSPS) is 17.5. The molecule has 0 unspecified atom stereocenters. The number of esters is 1. The van der Waals surface area contributed by atoms with Gasteiger partial charge >= 0.3 is 5.97 Å². The van der Waals surface area contributed by atoms with E-state index in [2.05, 4.69) is 39.5 Å². The predicted octanol–water partition coefficient (Wildman–Crippen LogP) is 10.1. The first kappa shape index (κ1) is 35.4. The summed E-state index contributed by atoms with van der Waals surface area (Å²) in [6.07, 6.45) is 13.4. The number of hydrogen-bond acceptors (Lipinski definition) is 6. The van der Waals surface area contributed by atoms with Crippen LogP contribution in [0.1, 0.15) is 137 Å². The molecule has 7 heteroatoms. The quantitative estimate of drug-likeness (QED) is 0.0767. The van der Waals surface area contributed by atoms with Gasteiger partial charge in [-0.2, -0.15) is 0 Å². The van der Waals surface area contributed by atoms with Crippen molar-refractivity contribution >= 4 is 5.97 Å². The fraction of sp³-hybridized carbons (Fsp3) is 0.649. The first-order valence-electron chi connectivity index (χ1n) is 16.7. The van der Waals surface area contributed by atoms with Crippen molar-refractivity contribution in [3.05, 3.63) is 67.8 Å². The molecule has 0 saturated carbocycles. The van der Waals surface area contributed by atoms with Gasteiger partial charge in [0.05, 0.1) is 5.56 Å². The van der Waals surface area contributed by atoms with Gasteiger partial charge in [-0.3, -0.25) is 0 Å². The van der Waals surface area contributed by atoms with Gasteiger partial charge in [0.15, 0.2) is 0 Å². The van der Waals surface area contributed by atoms with Crippen molar-refractivity contribution in [3.63, 3.8) is 0 Å². The molecule has 0 spiro atoms. The van der Waals surface area contributed by atoms with Gasteiger partial charge in [-0.25, -0.2) is 4.79 Å². The molecule has 0 N–H and O–H groups in total. The summed E-state index contributed by atoms with van der Waals surface area (Å²) in [6.45, 7) is 17.6. The smallest absolute Gasteiger partial charge is 0.343 e. The molecule has 2 aromatic carbocycles. The highest BCUT2D eigenvalue weighted by Crippen LogP contribution is 2.45. The largest absolute Gasteiger partial charge is 0.487 e. The van der Waals surface area contributed by atoms with Crippen molar-refractivity contribution in [2.24, 2.45) is 17.8 Å². The lowest BCUT2D eigenvalue weighted by atomic mass is 9.83. The highest BCUT2D eigenvalue weighted by molar-refractivity contribution is 5.91. The number of fused-ring (bicyclic) bond motifs is 1. The lowest BCUT2D eigenvalue weighted by Gasteiger charge is -2.38. The molecule has 2 aromatic rings. The highest BCUT2D eigenvalue weighted by atomic mass is 16.9. The topological polar surface area (TPSA) is 87.9 Å². The Morgan fingerprint density at radius 1 is 0.909 bits per heavy atom. The maximum absolute atomic E-state index is 13.0. The Balaban J connectivity index is 1.54. The van der Waals surface area contributed by atoms with Crippen LogP contribution in [0.5, 0.6) is 11.5 Å².